The van der Waals surface area contributed by atoms with Crippen LogP contribution in [0, 0.1) is 12.8 Å². The second-order valence-corrected chi connectivity index (χ2v) is 7.04. The standard InChI is InChI=1S/C20H27FN2O6/c1-11(2)19(20(28)22-14(9-18(26)27)15(24)10-21)23-17(25)8-13-7-12(3)5-6-16(13)29-4/h5-7,11,14,19H,8-10H2,1-4H3,(H,22,28)(H,23,25)(H,26,27). The molecule has 2 unspecified atom stereocenters. The molecule has 2 amide bonds. The average Bonchev–Trinajstić information content (AvgIpc) is 2.64. The molecule has 0 heterocycles. The number of nitrogens with one attached hydrogen (secondary N) is 2. The smallest absolute Gasteiger partial charge is 0.305 e. The topological polar surface area (TPSA) is 122 Å². The van der Waals surface area contributed by atoms with Crippen LogP contribution in [-0.4, -0.2) is 54.5 Å². The number of aliphatic carboxylic acids is 1. The van der Waals surface area contributed by atoms with Crippen LogP contribution in [0.3, 0.4) is 0 Å². The van der Waals surface area contributed by atoms with E-state index in [2.05, 4.69) is 10.6 Å². The van der Waals surface area contributed by atoms with E-state index in [4.69, 9.17) is 9.84 Å². The van der Waals surface area contributed by atoms with Crippen LogP contribution in [0.1, 0.15) is 31.4 Å². The summed E-state index contributed by atoms with van der Waals surface area (Å²) in [4.78, 5) is 47.5. The zero-order valence-corrected chi connectivity index (χ0v) is 17.0. The highest BCUT2D eigenvalue weighted by Crippen LogP contribution is 2.20. The molecule has 1 aromatic carbocycles. The van der Waals surface area contributed by atoms with Crippen LogP contribution >= 0.6 is 0 Å². The number of rotatable bonds is 11. The fourth-order valence-electron chi connectivity index (χ4n) is 2.75. The van der Waals surface area contributed by atoms with Crippen molar-refractivity contribution in [3.05, 3.63) is 29.3 Å². The van der Waals surface area contributed by atoms with Gasteiger partial charge in [0.05, 0.1) is 20.0 Å². The zero-order valence-electron chi connectivity index (χ0n) is 17.0. The predicted octanol–water partition coefficient (Wildman–Crippen LogP) is 1.19. The Morgan fingerprint density at radius 2 is 1.83 bits per heavy atom. The molecule has 0 aromatic heterocycles. The number of alkyl halides is 1. The van der Waals surface area contributed by atoms with Crippen molar-refractivity contribution in [2.75, 3.05) is 13.8 Å². The largest absolute Gasteiger partial charge is 0.496 e. The van der Waals surface area contributed by atoms with E-state index < -0.39 is 48.7 Å². The van der Waals surface area contributed by atoms with Crippen LogP contribution in [-0.2, 0) is 25.6 Å². The number of halogens is 1. The normalized spacial score (nSPS) is 12.8. The molecule has 29 heavy (non-hydrogen) atoms. The highest BCUT2D eigenvalue weighted by atomic mass is 19.1. The van der Waals surface area contributed by atoms with E-state index >= 15 is 0 Å². The summed E-state index contributed by atoms with van der Waals surface area (Å²) in [6.45, 7) is 3.83. The molecule has 0 fully saturated rings. The highest BCUT2D eigenvalue weighted by Gasteiger charge is 2.30. The van der Waals surface area contributed by atoms with Crippen LogP contribution in [0.5, 0.6) is 5.75 Å². The number of aryl methyl sites for hydroxylation is 1. The van der Waals surface area contributed by atoms with E-state index in [1.807, 2.05) is 13.0 Å². The van der Waals surface area contributed by atoms with Crippen molar-refractivity contribution >= 4 is 23.6 Å². The Bertz CT molecular complexity index is 765. The summed E-state index contributed by atoms with van der Waals surface area (Å²) in [6.07, 6.45) is -0.781. The molecule has 0 aliphatic carbocycles. The Hall–Kier alpha value is -2.97. The maximum absolute atomic E-state index is 12.7. The number of hydrogen-bond donors (Lipinski definition) is 3. The van der Waals surface area contributed by atoms with E-state index in [0.29, 0.717) is 11.3 Å². The van der Waals surface area contributed by atoms with Crippen LogP contribution in [0.25, 0.3) is 0 Å². The molecule has 0 aliphatic heterocycles. The monoisotopic (exact) mass is 410 g/mol. The third-order valence-corrected chi connectivity index (χ3v) is 4.27. The first-order chi connectivity index (χ1) is 13.6. The summed E-state index contributed by atoms with van der Waals surface area (Å²) < 4.78 is 17.9. The van der Waals surface area contributed by atoms with Crippen molar-refractivity contribution in [1.29, 1.82) is 0 Å². The van der Waals surface area contributed by atoms with E-state index in [9.17, 15) is 23.6 Å². The minimum Gasteiger partial charge on any atom is -0.496 e. The van der Waals surface area contributed by atoms with Gasteiger partial charge in [0.25, 0.3) is 0 Å². The number of hydrogen-bond acceptors (Lipinski definition) is 5. The lowest BCUT2D eigenvalue weighted by atomic mass is 10.0. The molecule has 0 saturated heterocycles. The number of carbonyl (C=O) groups is 4. The third kappa shape index (κ3) is 7.52. The van der Waals surface area contributed by atoms with Crippen molar-refractivity contribution in [2.45, 2.75) is 45.7 Å². The lowest BCUT2D eigenvalue weighted by Gasteiger charge is -2.24. The van der Waals surface area contributed by atoms with Gasteiger partial charge in [-0.2, -0.15) is 0 Å². The molecule has 160 valence electrons. The molecule has 3 N–H and O–H groups in total. The van der Waals surface area contributed by atoms with Crippen molar-refractivity contribution in [2.24, 2.45) is 5.92 Å². The number of carbonyl (C=O) groups excluding carboxylic acids is 3. The Morgan fingerprint density at radius 3 is 2.34 bits per heavy atom. The maximum atomic E-state index is 12.7. The second kappa shape index (κ2) is 11.1. The Morgan fingerprint density at radius 1 is 1.17 bits per heavy atom. The van der Waals surface area contributed by atoms with Gasteiger partial charge in [-0.3, -0.25) is 19.2 Å². The zero-order chi connectivity index (χ0) is 22.1. The van der Waals surface area contributed by atoms with Gasteiger partial charge in [0.1, 0.15) is 24.5 Å². The van der Waals surface area contributed by atoms with Crippen LogP contribution in [0.4, 0.5) is 4.39 Å². The van der Waals surface area contributed by atoms with Gasteiger partial charge in [0.2, 0.25) is 11.8 Å². The number of ketones is 1. The molecule has 9 heteroatoms. The van der Waals surface area contributed by atoms with E-state index in [0.717, 1.165) is 5.56 Å². The van der Waals surface area contributed by atoms with Crippen molar-refractivity contribution in [1.82, 2.24) is 10.6 Å². The fraction of sp³-hybridized carbons (Fsp3) is 0.500. The molecular weight excluding hydrogens is 383 g/mol. The van der Waals surface area contributed by atoms with Crippen LogP contribution in [0.2, 0.25) is 0 Å². The van der Waals surface area contributed by atoms with Gasteiger partial charge in [0.15, 0.2) is 5.78 Å². The molecule has 0 bridgehead atoms. The average molecular weight is 410 g/mol. The molecule has 1 rings (SSSR count). The fourth-order valence-corrected chi connectivity index (χ4v) is 2.75. The second-order valence-electron chi connectivity index (χ2n) is 7.04. The van der Waals surface area contributed by atoms with Crippen molar-refractivity contribution in [3.8, 4) is 5.75 Å². The highest BCUT2D eigenvalue weighted by molar-refractivity contribution is 5.95. The van der Waals surface area contributed by atoms with Crippen LogP contribution in [0.15, 0.2) is 18.2 Å². The van der Waals surface area contributed by atoms with Gasteiger partial charge in [-0.1, -0.05) is 31.5 Å². The summed E-state index contributed by atoms with van der Waals surface area (Å²) in [5, 5.41) is 13.7. The van der Waals surface area contributed by atoms with Crippen molar-refractivity contribution in [3.63, 3.8) is 0 Å². The number of amides is 2. The lowest BCUT2D eigenvalue weighted by molar-refractivity contribution is -0.140. The minimum atomic E-state index is -1.50. The molecule has 0 saturated carbocycles. The summed E-state index contributed by atoms with van der Waals surface area (Å²) in [5.74, 6) is -3.42. The summed E-state index contributed by atoms with van der Waals surface area (Å²) in [7, 11) is 1.49. The first kappa shape index (κ1) is 24.1. The summed E-state index contributed by atoms with van der Waals surface area (Å²) in [5.41, 5.74) is 1.58. The van der Waals surface area contributed by atoms with Crippen LogP contribution < -0.4 is 15.4 Å². The number of benzene rings is 1. The molecule has 2 atom stereocenters. The Kier molecular flexibility index (Phi) is 9.24. The first-order valence-electron chi connectivity index (χ1n) is 9.12. The number of carboxylic acids is 1. The molecule has 0 aliphatic rings. The maximum Gasteiger partial charge on any atom is 0.305 e. The van der Waals surface area contributed by atoms with E-state index in [1.165, 1.54) is 7.11 Å². The number of ether oxygens (including phenoxy) is 1. The quantitative estimate of drug-likeness (QED) is 0.504. The number of methoxy groups -OCH3 is 1. The van der Waals surface area contributed by atoms with Crippen molar-refractivity contribution < 1.29 is 33.4 Å². The van der Waals surface area contributed by atoms with E-state index in [1.54, 1.807) is 26.0 Å². The minimum absolute atomic E-state index is 0.0384. The number of carboxylic acid groups (broad SMARTS) is 1. The molecule has 8 nitrogen and oxygen atoms in total. The SMILES string of the molecule is COc1ccc(C)cc1CC(=O)NC(C(=O)NC(CC(=O)O)C(=O)CF)C(C)C. The molecule has 0 radical (unpaired) electrons. The molecular formula is C20H27FN2O6. The summed E-state index contributed by atoms with van der Waals surface area (Å²) in [6, 6.07) is 2.85. The first-order valence-corrected chi connectivity index (χ1v) is 9.12. The van der Waals surface area contributed by atoms with Gasteiger partial charge in [-0.05, 0) is 18.9 Å². The van der Waals surface area contributed by atoms with Gasteiger partial charge >= 0.3 is 5.97 Å². The number of Topliss-reactive ketones (excluding diaryl/α,β-unsaturated/α-hetero) is 1. The Labute approximate surface area is 168 Å². The van der Waals surface area contributed by atoms with Gasteiger partial charge in [-0.25, -0.2) is 4.39 Å². The molecule has 1 aromatic rings. The van der Waals surface area contributed by atoms with Gasteiger partial charge < -0.3 is 20.5 Å². The van der Waals surface area contributed by atoms with Gasteiger partial charge in [0, 0.05) is 5.56 Å². The lowest BCUT2D eigenvalue weighted by Crippen LogP contribution is -2.54. The third-order valence-electron chi connectivity index (χ3n) is 4.27. The Balaban J connectivity index is 2.90. The molecule has 0 spiro atoms. The van der Waals surface area contributed by atoms with E-state index in [-0.39, 0.29) is 12.3 Å². The predicted molar refractivity (Wildman–Crippen MR) is 103 cm³/mol. The van der Waals surface area contributed by atoms with Gasteiger partial charge in [-0.15, -0.1) is 0 Å². The summed E-state index contributed by atoms with van der Waals surface area (Å²) >= 11 is 0.